The average molecular weight is 367 g/mol. The van der Waals surface area contributed by atoms with E-state index >= 15 is 0 Å². The van der Waals surface area contributed by atoms with Crippen LogP contribution in [0, 0.1) is 0 Å². The number of aromatic nitrogens is 2. The number of ether oxygens (including phenoxy) is 1. The van der Waals surface area contributed by atoms with E-state index < -0.39 is 5.63 Å². The molecule has 3 heterocycles. The molecule has 0 bridgehead atoms. The third-order valence-electron chi connectivity index (χ3n) is 4.75. The fourth-order valence-electron chi connectivity index (χ4n) is 3.45. The highest BCUT2D eigenvalue weighted by molar-refractivity contribution is 5.97. The summed E-state index contributed by atoms with van der Waals surface area (Å²) < 4.78 is 11.0. The molecule has 4 rings (SSSR count). The number of carbonyl (C=O) groups excluding carboxylic acids is 1. The molecule has 1 amide bonds. The summed E-state index contributed by atoms with van der Waals surface area (Å²) in [4.78, 5) is 27.0. The number of likely N-dealkylation sites (tertiary alicyclic amines) is 1. The Kier molecular flexibility index (Phi) is 4.43. The average Bonchev–Trinajstić information content (AvgIpc) is 3.31. The maximum atomic E-state index is 12.9. The largest absolute Gasteiger partial charge is 0.491 e. The normalized spacial score (nSPS) is 17.0. The second-order valence-electron chi connectivity index (χ2n) is 7.06. The van der Waals surface area contributed by atoms with E-state index in [0.717, 1.165) is 12.1 Å². The summed E-state index contributed by atoms with van der Waals surface area (Å²) in [6.07, 6.45) is 2.56. The van der Waals surface area contributed by atoms with Crippen molar-refractivity contribution in [3.05, 3.63) is 58.2 Å². The van der Waals surface area contributed by atoms with Crippen molar-refractivity contribution in [2.45, 2.75) is 32.3 Å². The molecule has 1 saturated heterocycles. The Hall–Kier alpha value is -3.09. The van der Waals surface area contributed by atoms with Gasteiger partial charge in [-0.1, -0.05) is 0 Å². The molecule has 1 atom stereocenters. The quantitative estimate of drug-likeness (QED) is 0.716. The molecule has 1 aliphatic rings. The molecular weight excluding hydrogens is 346 g/mol. The standard InChI is InChI=1S/C20H21N3O4/c1-12(2)26-15-4-3-13-9-16(20(25)27-18(13)10-15)19(24)23-8-6-14(11-23)17-5-7-21-22-17/h3-5,7,9-10,12,14H,6,8,11H2,1-2H3,(H,21,22). The zero-order chi connectivity index (χ0) is 19.0. The Labute approximate surface area is 155 Å². The van der Waals surface area contributed by atoms with E-state index in [-0.39, 0.29) is 23.5 Å². The molecule has 1 fully saturated rings. The lowest BCUT2D eigenvalue weighted by atomic mass is 10.1. The predicted octanol–water partition coefficient (Wildman–Crippen LogP) is 2.93. The molecule has 0 aliphatic carbocycles. The maximum Gasteiger partial charge on any atom is 0.349 e. The zero-order valence-electron chi connectivity index (χ0n) is 15.3. The van der Waals surface area contributed by atoms with Gasteiger partial charge in [0.15, 0.2) is 0 Å². The summed E-state index contributed by atoms with van der Waals surface area (Å²) in [5.74, 6) is 0.538. The number of fused-ring (bicyclic) bond motifs is 1. The Morgan fingerprint density at radius 3 is 2.93 bits per heavy atom. The summed E-state index contributed by atoms with van der Waals surface area (Å²) in [5, 5.41) is 7.61. The van der Waals surface area contributed by atoms with Crippen LogP contribution in [0.2, 0.25) is 0 Å². The van der Waals surface area contributed by atoms with E-state index in [2.05, 4.69) is 10.2 Å². The number of amides is 1. The molecule has 140 valence electrons. The van der Waals surface area contributed by atoms with Gasteiger partial charge in [-0.3, -0.25) is 9.89 Å². The summed E-state index contributed by atoms with van der Waals surface area (Å²) in [7, 11) is 0. The van der Waals surface area contributed by atoms with Crippen LogP contribution in [-0.2, 0) is 0 Å². The first-order valence-electron chi connectivity index (χ1n) is 9.04. The van der Waals surface area contributed by atoms with Gasteiger partial charge >= 0.3 is 5.63 Å². The summed E-state index contributed by atoms with van der Waals surface area (Å²) in [6.45, 7) is 5.00. The van der Waals surface area contributed by atoms with E-state index in [1.165, 1.54) is 0 Å². The summed E-state index contributed by atoms with van der Waals surface area (Å²) in [5.41, 5.74) is 0.851. The third kappa shape index (κ3) is 3.45. The van der Waals surface area contributed by atoms with Crippen molar-refractivity contribution in [2.75, 3.05) is 13.1 Å². The Balaban J connectivity index is 1.59. The van der Waals surface area contributed by atoms with E-state index in [1.807, 2.05) is 19.9 Å². The maximum absolute atomic E-state index is 12.9. The lowest BCUT2D eigenvalue weighted by Crippen LogP contribution is -2.32. The molecule has 7 heteroatoms. The molecule has 1 unspecified atom stereocenters. The topological polar surface area (TPSA) is 88.4 Å². The number of hydrogen-bond acceptors (Lipinski definition) is 5. The van der Waals surface area contributed by atoms with Gasteiger partial charge in [0.25, 0.3) is 5.91 Å². The van der Waals surface area contributed by atoms with Crippen LogP contribution in [0.4, 0.5) is 0 Å². The minimum absolute atomic E-state index is 0.0213. The SMILES string of the molecule is CC(C)Oc1ccc2cc(C(=O)N3CCC(c4ccn[nH]4)C3)c(=O)oc2c1. The minimum Gasteiger partial charge on any atom is -0.491 e. The van der Waals surface area contributed by atoms with Gasteiger partial charge in [-0.15, -0.1) is 0 Å². The van der Waals surface area contributed by atoms with Crippen LogP contribution in [0.25, 0.3) is 11.0 Å². The van der Waals surface area contributed by atoms with Gasteiger partial charge in [-0.05, 0) is 44.5 Å². The van der Waals surface area contributed by atoms with Crippen molar-refractivity contribution in [3.8, 4) is 5.75 Å². The Morgan fingerprint density at radius 2 is 2.19 bits per heavy atom. The van der Waals surface area contributed by atoms with Crippen molar-refractivity contribution in [3.63, 3.8) is 0 Å². The molecule has 7 nitrogen and oxygen atoms in total. The highest BCUT2D eigenvalue weighted by Gasteiger charge is 2.30. The van der Waals surface area contributed by atoms with Crippen LogP contribution in [0.3, 0.4) is 0 Å². The molecule has 0 saturated carbocycles. The third-order valence-corrected chi connectivity index (χ3v) is 4.75. The van der Waals surface area contributed by atoms with Crippen LogP contribution >= 0.6 is 0 Å². The second kappa shape index (κ2) is 6.90. The van der Waals surface area contributed by atoms with Crippen LogP contribution in [0.5, 0.6) is 5.75 Å². The molecule has 3 aromatic rings. The molecule has 0 spiro atoms. The summed E-state index contributed by atoms with van der Waals surface area (Å²) in [6, 6.07) is 8.80. The number of nitrogens with zero attached hydrogens (tertiary/aromatic N) is 2. The van der Waals surface area contributed by atoms with Crippen LogP contribution in [-0.4, -0.2) is 40.2 Å². The fraction of sp³-hybridized carbons (Fsp3) is 0.350. The molecule has 0 radical (unpaired) electrons. The van der Waals surface area contributed by atoms with E-state index in [1.54, 1.807) is 35.4 Å². The lowest BCUT2D eigenvalue weighted by Gasteiger charge is -2.16. The van der Waals surface area contributed by atoms with Gasteiger partial charge in [0, 0.05) is 42.4 Å². The number of rotatable bonds is 4. The fourth-order valence-corrected chi connectivity index (χ4v) is 3.45. The second-order valence-corrected chi connectivity index (χ2v) is 7.06. The molecule has 1 N–H and O–H groups in total. The highest BCUT2D eigenvalue weighted by atomic mass is 16.5. The van der Waals surface area contributed by atoms with Gasteiger partial charge in [-0.25, -0.2) is 4.79 Å². The molecule has 27 heavy (non-hydrogen) atoms. The number of aromatic amines is 1. The van der Waals surface area contributed by atoms with Crippen LogP contribution in [0.15, 0.2) is 45.7 Å². The van der Waals surface area contributed by atoms with Crippen molar-refractivity contribution >= 4 is 16.9 Å². The smallest absolute Gasteiger partial charge is 0.349 e. The van der Waals surface area contributed by atoms with Crippen molar-refractivity contribution in [2.24, 2.45) is 0 Å². The van der Waals surface area contributed by atoms with E-state index in [0.29, 0.717) is 29.8 Å². The predicted molar refractivity (Wildman–Crippen MR) is 100 cm³/mol. The lowest BCUT2D eigenvalue weighted by molar-refractivity contribution is 0.0786. The monoisotopic (exact) mass is 367 g/mol. The van der Waals surface area contributed by atoms with Crippen molar-refractivity contribution < 1.29 is 13.9 Å². The highest BCUT2D eigenvalue weighted by Crippen LogP contribution is 2.27. The number of benzene rings is 1. The first-order valence-corrected chi connectivity index (χ1v) is 9.04. The van der Waals surface area contributed by atoms with Gasteiger partial charge in [0.05, 0.1) is 6.10 Å². The number of nitrogens with one attached hydrogen (secondary N) is 1. The van der Waals surface area contributed by atoms with Gasteiger partial charge < -0.3 is 14.1 Å². The molecule has 2 aromatic heterocycles. The van der Waals surface area contributed by atoms with Gasteiger partial charge in [0.2, 0.25) is 0 Å². The molecule has 1 aliphatic heterocycles. The van der Waals surface area contributed by atoms with Crippen molar-refractivity contribution in [1.29, 1.82) is 0 Å². The number of H-pyrrole nitrogens is 1. The van der Waals surface area contributed by atoms with Crippen LogP contribution < -0.4 is 10.4 Å². The van der Waals surface area contributed by atoms with Gasteiger partial charge in [0.1, 0.15) is 16.9 Å². The number of carbonyl (C=O) groups is 1. The van der Waals surface area contributed by atoms with E-state index in [9.17, 15) is 9.59 Å². The Bertz CT molecular complexity index is 1020. The summed E-state index contributed by atoms with van der Waals surface area (Å²) >= 11 is 0. The van der Waals surface area contributed by atoms with E-state index in [4.69, 9.17) is 9.15 Å². The first kappa shape index (κ1) is 17.3. The number of hydrogen-bond donors (Lipinski definition) is 1. The van der Waals surface area contributed by atoms with Crippen LogP contribution in [0.1, 0.15) is 42.2 Å². The van der Waals surface area contributed by atoms with Gasteiger partial charge in [-0.2, -0.15) is 5.10 Å². The first-order chi connectivity index (χ1) is 13.0. The molecular formula is C20H21N3O4. The Morgan fingerprint density at radius 1 is 1.33 bits per heavy atom. The van der Waals surface area contributed by atoms with Crippen molar-refractivity contribution in [1.82, 2.24) is 15.1 Å². The minimum atomic E-state index is -0.626. The molecule has 1 aromatic carbocycles. The zero-order valence-corrected chi connectivity index (χ0v) is 15.3.